The fraction of sp³-hybridized carbons (Fsp3) is 0.714. The van der Waals surface area contributed by atoms with Gasteiger partial charge in [-0.05, 0) is 123 Å². The van der Waals surface area contributed by atoms with E-state index in [0.717, 1.165) is 64.2 Å². The Labute approximate surface area is 246 Å². The Morgan fingerprint density at radius 1 is 0.588 bits per heavy atom. The van der Waals surface area contributed by atoms with E-state index in [-0.39, 0.29) is 69.9 Å². The summed E-state index contributed by atoms with van der Waals surface area (Å²) in [6.45, 7) is 0. The average Bonchev–Trinajstić information content (AvgIpc) is 2.72. The number of aliphatic carboxylic acids is 2. The Bertz CT molecular complexity index is 909. The summed E-state index contributed by atoms with van der Waals surface area (Å²) in [5.74, 6) is 0.405. The van der Waals surface area contributed by atoms with Crippen molar-refractivity contribution in [3.8, 4) is 0 Å². The van der Waals surface area contributed by atoms with E-state index in [0.29, 0.717) is 23.7 Å². The van der Waals surface area contributed by atoms with Crippen LogP contribution in [0.15, 0.2) is 24.3 Å². The van der Waals surface area contributed by atoms with E-state index in [2.05, 4.69) is 24.3 Å². The van der Waals surface area contributed by atoms with Gasteiger partial charge in [0, 0.05) is 22.8 Å². The normalized spacial score (nSPS) is 47.1. The van der Waals surface area contributed by atoms with Crippen molar-refractivity contribution in [2.45, 2.75) is 87.9 Å². The van der Waals surface area contributed by atoms with Gasteiger partial charge in [-0.15, -0.1) is 0 Å². The molecule has 4 nitrogen and oxygen atoms in total. The zero-order chi connectivity index (χ0) is 21.9. The van der Waals surface area contributed by atoms with E-state index in [9.17, 15) is 19.8 Å². The second-order valence-electron chi connectivity index (χ2n) is 13.2. The van der Waals surface area contributed by atoms with E-state index in [1.807, 2.05) is 0 Å². The molecule has 0 saturated heterocycles. The maximum atomic E-state index is 12.2. The molecule has 4 unspecified atom stereocenters. The van der Waals surface area contributed by atoms with Gasteiger partial charge in [-0.2, -0.15) is 0 Å². The van der Waals surface area contributed by atoms with Crippen molar-refractivity contribution >= 4 is 11.9 Å². The maximum Gasteiger partial charge on any atom is 1.00 e. The van der Waals surface area contributed by atoms with Gasteiger partial charge in [-0.1, -0.05) is 24.3 Å². The first-order chi connectivity index (χ1) is 15.2. The molecule has 170 valence electrons. The number of carbonyl (C=O) groups is 2. The fourth-order valence-corrected chi connectivity index (χ4v) is 10.9. The Morgan fingerprint density at radius 3 is 1.15 bits per heavy atom. The van der Waals surface area contributed by atoms with Crippen LogP contribution in [0.3, 0.4) is 0 Å². The maximum absolute atomic E-state index is 12.2. The van der Waals surface area contributed by atoms with Gasteiger partial charge in [0.25, 0.3) is 0 Å². The molecule has 8 saturated carbocycles. The van der Waals surface area contributed by atoms with E-state index in [1.165, 1.54) is 24.0 Å². The molecule has 34 heavy (non-hydrogen) atoms. The van der Waals surface area contributed by atoms with E-state index < -0.39 is 22.8 Å². The van der Waals surface area contributed by atoms with Crippen molar-refractivity contribution in [2.24, 2.45) is 34.5 Å². The van der Waals surface area contributed by atoms with Crippen LogP contribution >= 0.6 is 0 Å². The van der Waals surface area contributed by atoms with Gasteiger partial charge in [0.05, 0.1) is 0 Å². The van der Waals surface area contributed by atoms with Crippen LogP contribution in [-0.4, -0.2) is 11.9 Å². The molecule has 4 atom stereocenters. The van der Waals surface area contributed by atoms with Gasteiger partial charge in [0.15, 0.2) is 0 Å². The van der Waals surface area contributed by atoms with Crippen molar-refractivity contribution in [1.29, 1.82) is 0 Å². The smallest absolute Gasteiger partial charge is 0.550 e. The summed E-state index contributed by atoms with van der Waals surface area (Å²) in [5.41, 5.74) is 1.33. The Balaban J connectivity index is 0.00000120. The standard InChI is InChI=1S/C28H34O4.2Na/c29-23(30)27-11-17-5-18(12-27)8-25(7-17,15-27)21-1-2-22(4-3-21)26-9-19-6-20(10-26)14-28(13-19,16-26)24(31)32;;/h1-4,17-20H,5-16H2,(H,29,30)(H,31,32);;/q;2*+1/p-2. The molecule has 8 aliphatic rings. The molecule has 1 aromatic carbocycles. The van der Waals surface area contributed by atoms with Gasteiger partial charge in [0.2, 0.25) is 0 Å². The van der Waals surface area contributed by atoms with Gasteiger partial charge in [-0.25, -0.2) is 0 Å². The first-order valence-corrected chi connectivity index (χ1v) is 12.8. The third-order valence-electron chi connectivity index (χ3n) is 11.1. The molecule has 0 heterocycles. The third-order valence-corrected chi connectivity index (χ3v) is 11.1. The van der Waals surface area contributed by atoms with Crippen molar-refractivity contribution in [3.05, 3.63) is 35.4 Å². The Kier molecular flexibility index (Phi) is 6.32. The van der Waals surface area contributed by atoms with Crippen LogP contribution in [-0.2, 0) is 20.4 Å². The second kappa shape index (κ2) is 8.33. The number of carbonyl (C=O) groups excluding carboxylic acids is 2. The minimum absolute atomic E-state index is 0. The molecule has 0 radical (unpaired) electrons. The molecule has 8 bridgehead atoms. The number of carboxylic acid groups (broad SMARTS) is 2. The minimum atomic E-state index is -0.825. The van der Waals surface area contributed by atoms with Crippen LogP contribution in [0.25, 0.3) is 0 Å². The van der Waals surface area contributed by atoms with Crippen LogP contribution in [0.2, 0.25) is 0 Å². The van der Waals surface area contributed by atoms with E-state index >= 15 is 0 Å². The molecule has 9 rings (SSSR count). The fourth-order valence-electron chi connectivity index (χ4n) is 10.9. The average molecular weight is 479 g/mol. The molecule has 0 N–H and O–H groups in total. The van der Waals surface area contributed by atoms with Crippen LogP contribution in [0, 0.1) is 34.5 Å². The first-order valence-electron chi connectivity index (χ1n) is 12.8. The summed E-state index contributed by atoms with van der Waals surface area (Å²) in [6, 6.07) is 9.09. The number of benzene rings is 1. The number of hydrogen-bond donors (Lipinski definition) is 0. The molecular formula is C28H32Na2O4. The van der Waals surface area contributed by atoms with Crippen LogP contribution in [0.5, 0.6) is 0 Å². The molecule has 0 amide bonds. The molecule has 6 heteroatoms. The van der Waals surface area contributed by atoms with E-state index in [1.54, 1.807) is 0 Å². The van der Waals surface area contributed by atoms with Crippen molar-refractivity contribution in [3.63, 3.8) is 0 Å². The number of carboxylic acids is 2. The topological polar surface area (TPSA) is 80.3 Å². The molecule has 1 aromatic rings. The summed E-state index contributed by atoms with van der Waals surface area (Å²) in [5, 5.41) is 24.3. The van der Waals surface area contributed by atoms with Crippen LogP contribution < -0.4 is 69.3 Å². The predicted octanol–water partition coefficient (Wildman–Crippen LogP) is -3.13. The molecular weight excluding hydrogens is 446 g/mol. The SMILES string of the molecule is O=C([O-])C12CC3CC(C1)CC(c1ccc(C45CC6CC(CC(C(=O)[O-])(C6)C4)C5)cc1)(C3)C2.[Na+].[Na+]. The first kappa shape index (κ1) is 25.8. The van der Waals surface area contributed by atoms with Gasteiger partial charge in [0.1, 0.15) is 0 Å². The van der Waals surface area contributed by atoms with Crippen LogP contribution in [0.1, 0.15) is 88.2 Å². The monoisotopic (exact) mass is 478 g/mol. The molecule has 0 spiro atoms. The van der Waals surface area contributed by atoms with Gasteiger partial charge >= 0.3 is 59.1 Å². The largest absolute Gasteiger partial charge is 1.00 e. The Morgan fingerprint density at radius 2 is 0.882 bits per heavy atom. The summed E-state index contributed by atoms with van der Waals surface area (Å²) in [6.07, 6.45) is 11.5. The summed E-state index contributed by atoms with van der Waals surface area (Å²) < 4.78 is 0. The number of hydrogen-bond acceptors (Lipinski definition) is 4. The minimum Gasteiger partial charge on any atom is -0.550 e. The van der Waals surface area contributed by atoms with E-state index in [4.69, 9.17) is 0 Å². The Hall–Kier alpha value is 0.160. The molecule has 0 aromatic heterocycles. The molecule has 8 fully saturated rings. The predicted molar refractivity (Wildman–Crippen MR) is 114 cm³/mol. The van der Waals surface area contributed by atoms with Crippen molar-refractivity contribution in [1.82, 2.24) is 0 Å². The molecule has 8 aliphatic carbocycles. The quantitative estimate of drug-likeness (QED) is 0.429. The summed E-state index contributed by atoms with van der Waals surface area (Å²) in [4.78, 5) is 24.3. The molecule has 0 aliphatic heterocycles. The number of rotatable bonds is 4. The van der Waals surface area contributed by atoms with Crippen molar-refractivity contribution < 1.29 is 78.9 Å². The third kappa shape index (κ3) is 3.52. The van der Waals surface area contributed by atoms with Crippen LogP contribution in [0.4, 0.5) is 0 Å². The van der Waals surface area contributed by atoms with Crippen molar-refractivity contribution in [2.75, 3.05) is 0 Å². The zero-order valence-corrected chi connectivity index (χ0v) is 24.7. The zero-order valence-electron chi connectivity index (χ0n) is 20.7. The van der Waals surface area contributed by atoms with Gasteiger partial charge in [-0.3, -0.25) is 0 Å². The summed E-state index contributed by atoms with van der Waals surface area (Å²) in [7, 11) is 0. The second-order valence-corrected chi connectivity index (χ2v) is 13.2. The van der Waals surface area contributed by atoms with Gasteiger partial charge < -0.3 is 19.8 Å². The summed E-state index contributed by atoms with van der Waals surface area (Å²) >= 11 is 0.